The Morgan fingerprint density at radius 3 is 2.29 bits per heavy atom. The minimum Gasteiger partial charge on any atom is -0.493 e. The van der Waals surface area contributed by atoms with Gasteiger partial charge >= 0.3 is 0 Å². The molecule has 0 saturated heterocycles. The molecule has 1 aromatic carbocycles. The van der Waals surface area contributed by atoms with Gasteiger partial charge in [0.25, 0.3) is 0 Å². The first kappa shape index (κ1) is 18.7. The van der Waals surface area contributed by atoms with Gasteiger partial charge < -0.3 is 4.74 Å². The van der Waals surface area contributed by atoms with Crippen LogP contribution in [0.4, 0.5) is 0 Å². The van der Waals surface area contributed by atoms with E-state index < -0.39 is 0 Å². The number of ketones is 1. The van der Waals surface area contributed by atoms with Gasteiger partial charge in [-0.1, -0.05) is 64.0 Å². The lowest BCUT2D eigenvalue weighted by molar-refractivity contribution is 0.101. The lowest BCUT2D eigenvalue weighted by atomic mass is 10.1. The number of carbonyl (C=O) groups is 1. The molecule has 0 amide bonds. The van der Waals surface area contributed by atoms with Crippen molar-refractivity contribution in [2.24, 2.45) is 0 Å². The van der Waals surface area contributed by atoms with Crippen molar-refractivity contribution in [2.75, 3.05) is 11.9 Å². The zero-order chi connectivity index (χ0) is 15.5. The normalized spacial score (nSPS) is 10.6. The number of alkyl halides is 1. The number of halogens is 2. The number of Topliss-reactive ketones (excluding diaryl/α,β-unsaturated/α-hetero) is 1. The van der Waals surface area contributed by atoms with Crippen molar-refractivity contribution in [3.63, 3.8) is 0 Å². The van der Waals surface area contributed by atoms with E-state index in [1.807, 2.05) is 18.2 Å². The molecule has 0 heterocycles. The fraction of sp³-hybridized carbons (Fsp3) is 0.588. The summed E-state index contributed by atoms with van der Waals surface area (Å²) in [6.45, 7) is 2.25. The molecule has 21 heavy (non-hydrogen) atoms. The Hall–Kier alpha value is -0.350. The fourth-order valence-electron chi connectivity index (χ4n) is 2.17. The van der Waals surface area contributed by atoms with Gasteiger partial charge in [-0.15, -0.1) is 0 Å². The van der Waals surface area contributed by atoms with E-state index in [0.29, 0.717) is 17.9 Å². The van der Waals surface area contributed by atoms with Gasteiger partial charge in [-0.05, 0) is 38.0 Å². The number of hydrogen-bond donors (Lipinski definition) is 0. The molecule has 0 spiro atoms. The molecule has 0 saturated carbocycles. The van der Waals surface area contributed by atoms with Crippen LogP contribution in [-0.4, -0.2) is 17.7 Å². The smallest absolute Gasteiger partial charge is 0.163 e. The maximum Gasteiger partial charge on any atom is 0.163 e. The molecule has 1 rings (SSSR count). The molecule has 0 aliphatic rings. The standard InChI is InChI=1S/C17H24Br2O2/c1-14(20)16-13-15(19)9-10-17(16)21-12-8-6-4-2-3-5-7-11-18/h9-10,13H,2-8,11-12H2,1H3. The summed E-state index contributed by atoms with van der Waals surface area (Å²) in [5, 5.41) is 1.12. The molecule has 4 heteroatoms. The van der Waals surface area contributed by atoms with Crippen LogP contribution in [-0.2, 0) is 0 Å². The van der Waals surface area contributed by atoms with Crippen LogP contribution in [0.3, 0.4) is 0 Å². The van der Waals surface area contributed by atoms with E-state index in [1.54, 1.807) is 6.92 Å². The molecule has 118 valence electrons. The zero-order valence-electron chi connectivity index (χ0n) is 12.7. The quantitative estimate of drug-likeness (QED) is 0.244. The molecule has 0 aliphatic heterocycles. The molecule has 0 N–H and O–H groups in total. The van der Waals surface area contributed by atoms with Gasteiger partial charge in [0.1, 0.15) is 5.75 Å². The van der Waals surface area contributed by atoms with Crippen LogP contribution < -0.4 is 4.74 Å². The Morgan fingerprint density at radius 1 is 1.05 bits per heavy atom. The van der Waals surface area contributed by atoms with Crippen LogP contribution in [0.2, 0.25) is 0 Å². The number of benzene rings is 1. The summed E-state index contributed by atoms with van der Waals surface area (Å²) >= 11 is 6.83. The van der Waals surface area contributed by atoms with Crippen molar-refractivity contribution in [3.05, 3.63) is 28.2 Å². The first-order valence-corrected chi connectivity index (χ1v) is 9.56. The van der Waals surface area contributed by atoms with E-state index in [2.05, 4.69) is 31.9 Å². The number of rotatable bonds is 11. The fourth-order valence-corrected chi connectivity index (χ4v) is 2.92. The van der Waals surface area contributed by atoms with Crippen LogP contribution in [0.5, 0.6) is 5.75 Å². The summed E-state index contributed by atoms with van der Waals surface area (Å²) in [6, 6.07) is 5.59. The van der Waals surface area contributed by atoms with E-state index >= 15 is 0 Å². The van der Waals surface area contributed by atoms with E-state index in [4.69, 9.17) is 4.74 Å². The lowest BCUT2D eigenvalue weighted by Crippen LogP contribution is -2.03. The van der Waals surface area contributed by atoms with E-state index in [-0.39, 0.29) is 5.78 Å². The second kappa shape index (κ2) is 11.2. The largest absolute Gasteiger partial charge is 0.493 e. The summed E-state index contributed by atoms with van der Waals surface area (Å²) in [5.74, 6) is 0.737. The zero-order valence-corrected chi connectivity index (χ0v) is 15.8. The van der Waals surface area contributed by atoms with Crippen molar-refractivity contribution >= 4 is 37.6 Å². The second-order valence-electron chi connectivity index (χ2n) is 5.21. The van der Waals surface area contributed by atoms with Gasteiger partial charge in [-0.3, -0.25) is 4.79 Å². The first-order valence-electron chi connectivity index (χ1n) is 7.64. The average molecular weight is 420 g/mol. The highest BCUT2D eigenvalue weighted by Gasteiger charge is 2.08. The molecule has 2 nitrogen and oxygen atoms in total. The van der Waals surface area contributed by atoms with Crippen molar-refractivity contribution in [3.8, 4) is 5.75 Å². The summed E-state index contributed by atoms with van der Waals surface area (Å²) < 4.78 is 6.66. The predicted molar refractivity (Wildman–Crippen MR) is 95.8 cm³/mol. The SMILES string of the molecule is CC(=O)c1cc(Br)ccc1OCCCCCCCCCBr. The molecule has 0 fully saturated rings. The monoisotopic (exact) mass is 418 g/mol. The summed E-state index contributed by atoms with van der Waals surface area (Å²) in [5.41, 5.74) is 0.652. The molecule has 1 aromatic rings. The third kappa shape index (κ3) is 8.01. The van der Waals surface area contributed by atoms with Crippen LogP contribution in [0, 0.1) is 0 Å². The Kier molecular flexibility index (Phi) is 10.0. The lowest BCUT2D eigenvalue weighted by Gasteiger charge is -2.10. The van der Waals surface area contributed by atoms with Gasteiger partial charge in [-0.2, -0.15) is 0 Å². The topological polar surface area (TPSA) is 26.3 Å². The van der Waals surface area contributed by atoms with Gasteiger partial charge in [0.05, 0.1) is 12.2 Å². The van der Waals surface area contributed by atoms with Crippen LogP contribution in [0.25, 0.3) is 0 Å². The third-order valence-electron chi connectivity index (χ3n) is 3.36. The molecule has 0 aliphatic carbocycles. The van der Waals surface area contributed by atoms with Crippen molar-refractivity contribution in [1.29, 1.82) is 0 Å². The predicted octanol–water partition coefficient (Wildman–Crippen LogP) is 6.16. The molecule has 0 unspecified atom stereocenters. The summed E-state index contributed by atoms with van der Waals surface area (Å²) in [7, 11) is 0. The molecule has 0 bridgehead atoms. The molecular formula is C17H24Br2O2. The van der Waals surface area contributed by atoms with E-state index in [1.165, 1.54) is 38.5 Å². The van der Waals surface area contributed by atoms with Gasteiger partial charge in [0, 0.05) is 9.80 Å². The van der Waals surface area contributed by atoms with Crippen LogP contribution >= 0.6 is 31.9 Å². The number of hydrogen-bond acceptors (Lipinski definition) is 2. The Morgan fingerprint density at radius 2 is 1.67 bits per heavy atom. The Bertz CT molecular complexity index is 433. The van der Waals surface area contributed by atoms with Crippen LogP contribution in [0.15, 0.2) is 22.7 Å². The minimum absolute atomic E-state index is 0.0399. The number of carbonyl (C=O) groups excluding carboxylic acids is 1. The van der Waals surface area contributed by atoms with Crippen molar-refractivity contribution in [1.82, 2.24) is 0 Å². The Labute approximate surface area is 144 Å². The number of ether oxygens (including phenoxy) is 1. The maximum atomic E-state index is 11.6. The highest BCUT2D eigenvalue weighted by atomic mass is 79.9. The highest BCUT2D eigenvalue weighted by molar-refractivity contribution is 9.10. The van der Waals surface area contributed by atoms with E-state index in [0.717, 1.165) is 16.2 Å². The summed E-state index contributed by atoms with van der Waals surface area (Å²) in [4.78, 5) is 11.6. The van der Waals surface area contributed by atoms with Crippen molar-refractivity contribution < 1.29 is 9.53 Å². The minimum atomic E-state index is 0.0399. The van der Waals surface area contributed by atoms with E-state index in [9.17, 15) is 4.79 Å². The molecule has 0 atom stereocenters. The van der Waals surface area contributed by atoms with Gasteiger partial charge in [0.15, 0.2) is 5.78 Å². The summed E-state index contributed by atoms with van der Waals surface area (Å²) in [6.07, 6.45) is 8.75. The molecule has 0 radical (unpaired) electrons. The van der Waals surface area contributed by atoms with Crippen LogP contribution in [0.1, 0.15) is 62.2 Å². The van der Waals surface area contributed by atoms with Gasteiger partial charge in [-0.25, -0.2) is 0 Å². The first-order chi connectivity index (χ1) is 10.1. The third-order valence-corrected chi connectivity index (χ3v) is 4.41. The second-order valence-corrected chi connectivity index (χ2v) is 6.92. The van der Waals surface area contributed by atoms with Gasteiger partial charge in [0.2, 0.25) is 0 Å². The molecular weight excluding hydrogens is 396 g/mol. The Balaban J connectivity index is 2.20. The molecule has 0 aromatic heterocycles. The average Bonchev–Trinajstić information content (AvgIpc) is 2.46. The maximum absolute atomic E-state index is 11.6. The number of unbranched alkanes of at least 4 members (excludes halogenated alkanes) is 6. The van der Waals surface area contributed by atoms with Crippen molar-refractivity contribution in [2.45, 2.75) is 51.9 Å². The highest BCUT2D eigenvalue weighted by Crippen LogP contribution is 2.24.